The number of hydrogen-bond acceptors (Lipinski definition) is 6. The predicted molar refractivity (Wildman–Crippen MR) is 180 cm³/mol. The zero-order valence-corrected chi connectivity index (χ0v) is 27.0. The van der Waals surface area contributed by atoms with E-state index < -0.39 is 18.1 Å². The Labute approximate surface area is 272 Å². The summed E-state index contributed by atoms with van der Waals surface area (Å²) in [7, 11) is 0. The minimum absolute atomic E-state index is 0.0501. The molecule has 2 unspecified atom stereocenters. The number of nitrogens with zero attached hydrogens (tertiary/aromatic N) is 2. The van der Waals surface area contributed by atoms with E-state index in [1.54, 1.807) is 46.3 Å². The lowest BCUT2D eigenvalue weighted by Crippen LogP contribution is -2.53. The molecule has 244 valence electrons. The topological polar surface area (TPSA) is 122 Å². The average molecular weight is 627 g/mol. The molecule has 3 aromatic rings. The molecule has 3 rings (SSSR count). The van der Waals surface area contributed by atoms with Gasteiger partial charge in [0.05, 0.1) is 18.6 Å². The summed E-state index contributed by atoms with van der Waals surface area (Å²) in [6, 6.07) is 19.8. The van der Waals surface area contributed by atoms with Crippen molar-refractivity contribution in [2.45, 2.75) is 65.0 Å². The Morgan fingerprint density at radius 3 is 2.09 bits per heavy atom. The fraction of sp³-hybridized carbons (Fsp3) is 0.378. The lowest BCUT2D eigenvalue weighted by Gasteiger charge is -2.30. The van der Waals surface area contributed by atoms with Gasteiger partial charge >= 0.3 is 0 Å². The van der Waals surface area contributed by atoms with Crippen LogP contribution in [0.2, 0.25) is 0 Å². The number of phenolic OH excluding ortho intramolecular Hbond substituents is 1. The van der Waals surface area contributed by atoms with Crippen molar-refractivity contribution in [3.63, 3.8) is 0 Å². The molecule has 0 bridgehead atoms. The number of aromatic hydroxyl groups is 1. The molecular weight excluding hydrogens is 580 g/mol. The number of carbonyl (C=O) groups is 3. The summed E-state index contributed by atoms with van der Waals surface area (Å²) in [6.07, 6.45) is 7.36. The molecule has 9 nitrogen and oxygen atoms in total. The molecule has 0 fully saturated rings. The maximum atomic E-state index is 13.7. The highest BCUT2D eigenvalue weighted by Gasteiger charge is 2.26. The van der Waals surface area contributed by atoms with Gasteiger partial charge in [0.25, 0.3) is 11.8 Å². The molecular formula is C37H46N4O5. The van der Waals surface area contributed by atoms with Gasteiger partial charge in [-0.3, -0.25) is 19.8 Å². The SMILES string of the molecule is C#Cc1cc(C(=O)NC(Cc2ccc(O)cc2)C(O)CN(CCC)NC(=O)Cc2ccccc2)cc(C(=O)N(CCC)CCC)c1. The average Bonchev–Trinajstić information content (AvgIpc) is 3.05. The highest BCUT2D eigenvalue weighted by atomic mass is 16.3. The molecule has 0 radical (unpaired) electrons. The van der Waals surface area contributed by atoms with E-state index in [9.17, 15) is 24.6 Å². The van der Waals surface area contributed by atoms with E-state index in [-0.39, 0.29) is 42.5 Å². The van der Waals surface area contributed by atoms with Gasteiger partial charge in [-0.1, -0.05) is 69.2 Å². The smallest absolute Gasteiger partial charge is 0.253 e. The number of carbonyl (C=O) groups excluding carboxylic acids is 3. The van der Waals surface area contributed by atoms with Crippen LogP contribution in [0.3, 0.4) is 0 Å². The van der Waals surface area contributed by atoms with Crippen LogP contribution in [-0.4, -0.2) is 76.2 Å². The lowest BCUT2D eigenvalue weighted by molar-refractivity contribution is -0.126. The number of aliphatic hydroxyl groups excluding tert-OH is 1. The van der Waals surface area contributed by atoms with Crippen molar-refractivity contribution in [3.8, 4) is 18.1 Å². The van der Waals surface area contributed by atoms with E-state index in [1.807, 2.05) is 51.1 Å². The molecule has 0 heterocycles. The van der Waals surface area contributed by atoms with Crippen LogP contribution >= 0.6 is 0 Å². The maximum absolute atomic E-state index is 13.7. The monoisotopic (exact) mass is 626 g/mol. The molecule has 2 atom stereocenters. The normalized spacial score (nSPS) is 12.2. The number of rotatable bonds is 17. The van der Waals surface area contributed by atoms with Gasteiger partial charge in [-0.2, -0.15) is 0 Å². The van der Waals surface area contributed by atoms with Gasteiger partial charge in [0.15, 0.2) is 0 Å². The van der Waals surface area contributed by atoms with Crippen molar-refractivity contribution in [1.29, 1.82) is 0 Å². The molecule has 0 spiro atoms. The molecule has 3 amide bonds. The molecule has 0 aliphatic carbocycles. The van der Waals surface area contributed by atoms with E-state index in [2.05, 4.69) is 16.7 Å². The first-order chi connectivity index (χ1) is 22.2. The Balaban J connectivity index is 1.85. The Kier molecular flexibility index (Phi) is 14.3. The van der Waals surface area contributed by atoms with E-state index >= 15 is 0 Å². The highest BCUT2D eigenvalue weighted by molar-refractivity contribution is 6.00. The van der Waals surface area contributed by atoms with Crippen LogP contribution in [0.1, 0.15) is 77.4 Å². The van der Waals surface area contributed by atoms with Crippen LogP contribution in [0.4, 0.5) is 0 Å². The second-order valence-electron chi connectivity index (χ2n) is 11.4. The highest BCUT2D eigenvalue weighted by Crippen LogP contribution is 2.17. The summed E-state index contributed by atoms with van der Waals surface area (Å²) in [5.41, 5.74) is 5.48. The summed E-state index contributed by atoms with van der Waals surface area (Å²) in [6.45, 7) is 7.69. The van der Waals surface area contributed by atoms with Crippen molar-refractivity contribution in [3.05, 3.63) is 101 Å². The maximum Gasteiger partial charge on any atom is 0.253 e. The van der Waals surface area contributed by atoms with Crippen LogP contribution in [0.25, 0.3) is 0 Å². The van der Waals surface area contributed by atoms with E-state index in [4.69, 9.17) is 6.42 Å². The Bertz CT molecular complexity index is 1460. The van der Waals surface area contributed by atoms with Crippen molar-refractivity contribution in [2.75, 3.05) is 26.2 Å². The summed E-state index contributed by atoms with van der Waals surface area (Å²) in [5.74, 6) is 1.74. The third-order valence-corrected chi connectivity index (χ3v) is 7.45. The Hall–Kier alpha value is -4.65. The number of phenols is 1. The van der Waals surface area contributed by atoms with Gasteiger partial charge in [-0.25, -0.2) is 5.01 Å². The fourth-order valence-corrected chi connectivity index (χ4v) is 5.24. The molecule has 0 aromatic heterocycles. The molecule has 0 saturated carbocycles. The van der Waals surface area contributed by atoms with E-state index in [0.717, 1.165) is 30.4 Å². The van der Waals surface area contributed by atoms with Gasteiger partial charge in [-0.15, -0.1) is 6.42 Å². The number of hydrazine groups is 1. The molecule has 46 heavy (non-hydrogen) atoms. The second-order valence-corrected chi connectivity index (χ2v) is 11.4. The van der Waals surface area contributed by atoms with E-state index in [0.29, 0.717) is 30.8 Å². The van der Waals surface area contributed by atoms with Gasteiger partial charge < -0.3 is 20.4 Å². The molecule has 0 aliphatic rings. The van der Waals surface area contributed by atoms with Crippen molar-refractivity contribution < 1.29 is 24.6 Å². The van der Waals surface area contributed by atoms with Gasteiger partial charge in [0, 0.05) is 42.9 Å². The third kappa shape index (κ3) is 11.1. The number of amides is 3. The van der Waals surface area contributed by atoms with Crippen LogP contribution in [0.5, 0.6) is 5.75 Å². The number of hydrogen-bond donors (Lipinski definition) is 4. The Morgan fingerprint density at radius 2 is 1.48 bits per heavy atom. The number of benzene rings is 3. The van der Waals surface area contributed by atoms with Crippen molar-refractivity contribution >= 4 is 17.7 Å². The minimum Gasteiger partial charge on any atom is -0.508 e. The molecule has 3 aromatic carbocycles. The predicted octanol–water partition coefficient (Wildman–Crippen LogP) is 4.32. The van der Waals surface area contributed by atoms with Crippen LogP contribution in [0.15, 0.2) is 72.8 Å². The number of nitrogens with one attached hydrogen (secondary N) is 2. The summed E-state index contributed by atoms with van der Waals surface area (Å²) < 4.78 is 0. The molecule has 0 saturated heterocycles. The van der Waals surface area contributed by atoms with E-state index in [1.165, 1.54) is 6.07 Å². The standard InChI is InChI=1S/C37H46N4O5/c1-5-18-40(19-6-2)37(46)31-22-27(8-4)21-30(25-31)36(45)38-33(23-29-14-16-32(42)17-15-29)34(43)26-41(20-7-3)39-35(44)24-28-12-10-9-11-13-28/h4,9-17,21-22,25,33-34,42-43H,5-7,18-20,23-24,26H2,1-3H3,(H,38,45)(H,39,44). The Morgan fingerprint density at radius 1 is 0.848 bits per heavy atom. The second kappa shape index (κ2) is 18.4. The zero-order valence-electron chi connectivity index (χ0n) is 27.0. The molecule has 0 aliphatic heterocycles. The number of terminal acetylenes is 1. The molecule has 4 N–H and O–H groups in total. The van der Waals surface area contributed by atoms with Gasteiger partial charge in [-0.05, 0) is 67.1 Å². The first-order valence-electron chi connectivity index (χ1n) is 15.9. The third-order valence-electron chi connectivity index (χ3n) is 7.45. The van der Waals surface area contributed by atoms with Gasteiger partial charge in [0.1, 0.15) is 5.75 Å². The summed E-state index contributed by atoms with van der Waals surface area (Å²) in [5, 5.41) is 25.9. The first kappa shape index (κ1) is 35.8. The van der Waals surface area contributed by atoms with Crippen LogP contribution in [-0.2, 0) is 17.6 Å². The largest absolute Gasteiger partial charge is 0.508 e. The lowest BCUT2D eigenvalue weighted by atomic mass is 9.99. The first-order valence-corrected chi connectivity index (χ1v) is 15.9. The van der Waals surface area contributed by atoms with Crippen LogP contribution in [0, 0.1) is 12.3 Å². The molecule has 9 heteroatoms. The van der Waals surface area contributed by atoms with Crippen LogP contribution < -0.4 is 10.7 Å². The van der Waals surface area contributed by atoms with Crippen molar-refractivity contribution in [1.82, 2.24) is 20.7 Å². The summed E-state index contributed by atoms with van der Waals surface area (Å²) >= 11 is 0. The quantitative estimate of drug-likeness (QED) is 0.131. The minimum atomic E-state index is -1.09. The summed E-state index contributed by atoms with van der Waals surface area (Å²) in [4.78, 5) is 41.7. The van der Waals surface area contributed by atoms with Gasteiger partial charge in [0.2, 0.25) is 5.91 Å². The van der Waals surface area contributed by atoms with Crippen molar-refractivity contribution in [2.24, 2.45) is 0 Å². The zero-order chi connectivity index (χ0) is 33.5. The number of aliphatic hydroxyl groups is 1. The fourth-order valence-electron chi connectivity index (χ4n) is 5.24.